The van der Waals surface area contributed by atoms with Gasteiger partial charge in [-0.15, -0.1) is 0 Å². The van der Waals surface area contributed by atoms with E-state index in [1.807, 2.05) is 38.4 Å². The average Bonchev–Trinajstić information content (AvgIpc) is 2.53. The Bertz CT molecular complexity index is 641. The van der Waals surface area contributed by atoms with Crippen molar-refractivity contribution in [2.45, 2.75) is 6.54 Å². The smallest absolute Gasteiger partial charge is 0.251 e. The lowest BCUT2D eigenvalue weighted by Gasteiger charge is -2.12. The van der Waals surface area contributed by atoms with Crippen molar-refractivity contribution in [2.24, 2.45) is 0 Å². The van der Waals surface area contributed by atoms with Crippen LogP contribution in [-0.2, 0) is 6.54 Å². The third-order valence-corrected chi connectivity index (χ3v) is 3.62. The van der Waals surface area contributed by atoms with E-state index in [2.05, 4.69) is 15.5 Å². The first-order valence-corrected chi connectivity index (χ1v) is 7.94. The quantitative estimate of drug-likeness (QED) is 0.818. The average molecular weight is 332 g/mol. The van der Waals surface area contributed by atoms with Gasteiger partial charge in [-0.05, 0) is 50.0 Å². The number of rotatable bonds is 7. The van der Waals surface area contributed by atoms with E-state index >= 15 is 0 Å². The molecule has 122 valence electrons. The molecule has 1 amide bonds. The molecule has 0 saturated heterocycles. The number of likely N-dealkylation sites (N-methyl/N-ethyl adjacent to an activating group) is 1. The first kappa shape index (κ1) is 17.3. The molecule has 2 aromatic rings. The standard InChI is InChI=1S/C18H22ClN3O/c1-22(2)11-10-20-17-8-6-14(7-9-17)13-21-18(23)15-4-3-5-16(19)12-15/h3-9,12,20H,10-11,13H2,1-2H3,(H,21,23). The second-order valence-electron chi connectivity index (χ2n) is 5.62. The zero-order valence-corrected chi connectivity index (χ0v) is 14.2. The Kier molecular flexibility index (Phi) is 6.44. The first-order chi connectivity index (χ1) is 11.0. The highest BCUT2D eigenvalue weighted by atomic mass is 35.5. The van der Waals surface area contributed by atoms with Crippen LogP contribution in [0.15, 0.2) is 48.5 Å². The molecule has 0 heterocycles. The normalized spacial score (nSPS) is 10.6. The number of carbonyl (C=O) groups is 1. The third kappa shape index (κ3) is 5.93. The fraction of sp³-hybridized carbons (Fsp3) is 0.278. The van der Waals surface area contributed by atoms with Crippen LogP contribution in [0.25, 0.3) is 0 Å². The van der Waals surface area contributed by atoms with Crippen LogP contribution in [0.5, 0.6) is 0 Å². The Labute approximate surface area is 142 Å². The molecule has 0 unspecified atom stereocenters. The first-order valence-electron chi connectivity index (χ1n) is 7.56. The predicted octanol–water partition coefficient (Wildman–Crippen LogP) is 3.24. The second kappa shape index (κ2) is 8.56. The van der Waals surface area contributed by atoms with Gasteiger partial charge in [0.15, 0.2) is 0 Å². The summed E-state index contributed by atoms with van der Waals surface area (Å²) < 4.78 is 0. The topological polar surface area (TPSA) is 44.4 Å². The molecule has 2 N–H and O–H groups in total. The summed E-state index contributed by atoms with van der Waals surface area (Å²) in [6.45, 7) is 2.37. The molecule has 0 aliphatic rings. The number of nitrogens with one attached hydrogen (secondary N) is 2. The highest BCUT2D eigenvalue weighted by Crippen LogP contribution is 2.12. The van der Waals surface area contributed by atoms with E-state index in [0.29, 0.717) is 17.1 Å². The second-order valence-corrected chi connectivity index (χ2v) is 6.06. The number of hydrogen-bond acceptors (Lipinski definition) is 3. The molecule has 23 heavy (non-hydrogen) atoms. The Hall–Kier alpha value is -2.04. The van der Waals surface area contributed by atoms with Crippen molar-refractivity contribution < 1.29 is 4.79 Å². The zero-order chi connectivity index (χ0) is 16.7. The number of hydrogen-bond donors (Lipinski definition) is 2. The van der Waals surface area contributed by atoms with Crippen molar-refractivity contribution in [3.8, 4) is 0 Å². The lowest BCUT2D eigenvalue weighted by Crippen LogP contribution is -2.22. The van der Waals surface area contributed by atoms with Crippen LogP contribution in [-0.4, -0.2) is 38.0 Å². The summed E-state index contributed by atoms with van der Waals surface area (Å²) >= 11 is 5.89. The SMILES string of the molecule is CN(C)CCNc1ccc(CNC(=O)c2cccc(Cl)c2)cc1. The number of amides is 1. The van der Waals surface area contributed by atoms with E-state index < -0.39 is 0 Å². The number of carbonyl (C=O) groups excluding carboxylic acids is 1. The van der Waals surface area contributed by atoms with Gasteiger partial charge in [0.1, 0.15) is 0 Å². The number of halogens is 1. The third-order valence-electron chi connectivity index (χ3n) is 3.38. The fourth-order valence-electron chi connectivity index (χ4n) is 2.08. The zero-order valence-electron chi connectivity index (χ0n) is 13.5. The molecule has 0 aliphatic heterocycles. The Morgan fingerprint density at radius 3 is 2.52 bits per heavy atom. The van der Waals surface area contributed by atoms with Crippen LogP contribution in [0.2, 0.25) is 5.02 Å². The van der Waals surface area contributed by atoms with Gasteiger partial charge in [-0.2, -0.15) is 0 Å². The number of nitrogens with zero attached hydrogens (tertiary/aromatic N) is 1. The van der Waals surface area contributed by atoms with Gasteiger partial charge in [0.05, 0.1) is 0 Å². The summed E-state index contributed by atoms with van der Waals surface area (Å²) in [5.74, 6) is -0.124. The van der Waals surface area contributed by atoms with E-state index in [4.69, 9.17) is 11.6 Å². The molecule has 0 saturated carbocycles. The van der Waals surface area contributed by atoms with Gasteiger partial charge in [-0.3, -0.25) is 4.79 Å². The molecule has 0 aliphatic carbocycles. The number of benzene rings is 2. The maximum Gasteiger partial charge on any atom is 0.251 e. The molecule has 0 bridgehead atoms. The minimum atomic E-state index is -0.124. The molecule has 4 nitrogen and oxygen atoms in total. The summed E-state index contributed by atoms with van der Waals surface area (Å²) in [7, 11) is 4.10. The largest absolute Gasteiger partial charge is 0.384 e. The molecule has 0 aromatic heterocycles. The highest BCUT2D eigenvalue weighted by Gasteiger charge is 2.05. The summed E-state index contributed by atoms with van der Waals surface area (Å²) in [5, 5.41) is 6.81. The van der Waals surface area contributed by atoms with Gasteiger partial charge in [-0.25, -0.2) is 0 Å². The molecule has 2 aromatic carbocycles. The van der Waals surface area contributed by atoms with E-state index in [1.165, 1.54) is 0 Å². The van der Waals surface area contributed by atoms with Gasteiger partial charge in [0.2, 0.25) is 0 Å². The summed E-state index contributed by atoms with van der Waals surface area (Å²) in [4.78, 5) is 14.2. The minimum Gasteiger partial charge on any atom is -0.384 e. The van der Waals surface area contributed by atoms with Crippen LogP contribution in [0.3, 0.4) is 0 Å². The lowest BCUT2D eigenvalue weighted by molar-refractivity contribution is 0.0951. The maximum absolute atomic E-state index is 12.1. The van der Waals surface area contributed by atoms with Crippen molar-refractivity contribution in [1.29, 1.82) is 0 Å². The van der Waals surface area contributed by atoms with Crippen LogP contribution >= 0.6 is 11.6 Å². The number of anilines is 1. The van der Waals surface area contributed by atoms with Crippen LogP contribution < -0.4 is 10.6 Å². The van der Waals surface area contributed by atoms with Gasteiger partial charge in [-0.1, -0.05) is 29.8 Å². The van der Waals surface area contributed by atoms with E-state index in [1.54, 1.807) is 24.3 Å². The highest BCUT2D eigenvalue weighted by molar-refractivity contribution is 6.30. The molecule has 0 atom stereocenters. The van der Waals surface area contributed by atoms with Crippen LogP contribution in [0.1, 0.15) is 15.9 Å². The van der Waals surface area contributed by atoms with E-state index in [-0.39, 0.29) is 5.91 Å². The van der Waals surface area contributed by atoms with Gasteiger partial charge in [0.25, 0.3) is 5.91 Å². The molecule has 5 heteroatoms. The Balaban J connectivity index is 1.83. The van der Waals surface area contributed by atoms with Gasteiger partial charge >= 0.3 is 0 Å². The molecular formula is C18H22ClN3O. The summed E-state index contributed by atoms with van der Waals surface area (Å²) in [5.41, 5.74) is 2.70. The van der Waals surface area contributed by atoms with Crippen molar-refractivity contribution in [2.75, 3.05) is 32.5 Å². The van der Waals surface area contributed by atoms with Gasteiger partial charge in [0, 0.05) is 35.9 Å². The summed E-state index contributed by atoms with van der Waals surface area (Å²) in [6.07, 6.45) is 0. The molecule has 2 rings (SSSR count). The summed E-state index contributed by atoms with van der Waals surface area (Å²) in [6, 6.07) is 15.0. The van der Waals surface area contributed by atoms with Crippen molar-refractivity contribution in [1.82, 2.24) is 10.2 Å². The van der Waals surface area contributed by atoms with E-state index in [0.717, 1.165) is 24.3 Å². The van der Waals surface area contributed by atoms with Crippen molar-refractivity contribution in [3.05, 3.63) is 64.7 Å². The molecule has 0 spiro atoms. The lowest BCUT2D eigenvalue weighted by atomic mass is 10.2. The fourth-order valence-corrected chi connectivity index (χ4v) is 2.27. The van der Waals surface area contributed by atoms with Crippen LogP contribution in [0, 0.1) is 0 Å². The van der Waals surface area contributed by atoms with Crippen molar-refractivity contribution in [3.63, 3.8) is 0 Å². The monoisotopic (exact) mass is 331 g/mol. The minimum absolute atomic E-state index is 0.124. The van der Waals surface area contributed by atoms with Crippen LogP contribution in [0.4, 0.5) is 5.69 Å². The molecule has 0 fully saturated rings. The molecular weight excluding hydrogens is 310 g/mol. The maximum atomic E-state index is 12.1. The van der Waals surface area contributed by atoms with E-state index in [9.17, 15) is 4.79 Å². The Morgan fingerprint density at radius 2 is 1.87 bits per heavy atom. The van der Waals surface area contributed by atoms with Crippen molar-refractivity contribution >= 4 is 23.2 Å². The molecule has 0 radical (unpaired) electrons. The predicted molar refractivity (Wildman–Crippen MR) is 96.1 cm³/mol. The van der Waals surface area contributed by atoms with Gasteiger partial charge < -0.3 is 15.5 Å². The Morgan fingerprint density at radius 1 is 1.13 bits per heavy atom.